The molecule has 1 saturated heterocycles. The normalized spacial score (nSPS) is 23.3. The standard InChI is InChI=1S/C13H25NO5/c1-10(8-17-2)19-9-12(15)7-14-5-4-11(6-14)13(16)18-3/h10-12,15H,4-9H2,1-3H3. The molecule has 0 radical (unpaired) electrons. The van der Waals surface area contributed by atoms with Crippen LogP contribution < -0.4 is 0 Å². The van der Waals surface area contributed by atoms with E-state index in [0.717, 1.165) is 13.0 Å². The molecule has 0 bridgehead atoms. The van der Waals surface area contributed by atoms with Gasteiger partial charge in [0.05, 0.1) is 38.4 Å². The van der Waals surface area contributed by atoms with Crippen LogP contribution in [0.2, 0.25) is 0 Å². The third-order valence-electron chi connectivity index (χ3n) is 3.25. The molecule has 0 amide bonds. The molecule has 6 heteroatoms. The fraction of sp³-hybridized carbons (Fsp3) is 0.923. The molecule has 3 unspecified atom stereocenters. The number of β-amino-alcohol motifs (C(OH)–C–C–N with tert-alkyl or cyclic N) is 1. The second-order valence-corrected chi connectivity index (χ2v) is 5.02. The second kappa shape index (κ2) is 8.47. The monoisotopic (exact) mass is 275 g/mol. The van der Waals surface area contributed by atoms with Crippen LogP contribution in [0.1, 0.15) is 13.3 Å². The molecule has 112 valence electrons. The van der Waals surface area contributed by atoms with Crippen molar-refractivity contribution in [3.05, 3.63) is 0 Å². The van der Waals surface area contributed by atoms with E-state index in [1.165, 1.54) is 7.11 Å². The van der Waals surface area contributed by atoms with Crippen molar-refractivity contribution >= 4 is 5.97 Å². The Morgan fingerprint density at radius 1 is 1.42 bits per heavy atom. The maximum Gasteiger partial charge on any atom is 0.310 e. The number of methoxy groups -OCH3 is 2. The van der Waals surface area contributed by atoms with Crippen LogP contribution in [0.5, 0.6) is 0 Å². The lowest BCUT2D eigenvalue weighted by atomic mass is 10.1. The van der Waals surface area contributed by atoms with E-state index in [1.54, 1.807) is 7.11 Å². The van der Waals surface area contributed by atoms with Gasteiger partial charge < -0.3 is 19.3 Å². The van der Waals surface area contributed by atoms with Crippen molar-refractivity contribution < 1.29 is 24.1 Å². The molecule has 0 aromatic heterocycles. The Hall–Kier alpha value is -0.690. The zero-order valence-electron chi connectivity index (χ0n) is 12.0. The fourth-order valence-electron chi connectivity index (χ4n) is 2.27. The van der Waals surface area contributed by atoms with Gasteiger partial charge in [-0.05, 0) is 19.9 Å². The van der Waals surface area contributed by atoms with Gasteiger partial charge in [-0.3, -0.25) is 9.69 Å². The molecular weight excluding hydrogens is 250 g/mol. The number of nitrogens with zero attached hydrogens (tertiary/aromatic N) is 1. The van der Waals surface area contributed by atoms with E-state index in [2.05, 4.69) is 4.90 Å². The first-order valence-corrected chi connectivity index (χ1v) is 6.65. The Kier molecular flexibility index (Phi) is 7.30. The highest BCUT2D eigenvalue weighted by Crippen LogP contribution is 2.17. The molecule has 6 nitrogen and oxygen atoms in total. The first-order valence-electron chi connectivity index (χ1n) is 6.65. The molecule has 1 fully saturated rings. The molecule has 1 aliphatic rings. The average molecular weight is 275 g/mol. The molecule has 0 aromatic rings. The van der Waals surface area contributed by atoms with Gasteiger partial charge in [0.25, 0.3) is 0 Å². The number of rotatable bonds is 8. The van der Waals surface area contributed by atoms with Crippen LogP contribution in [0.4, 0.5) is 0 Å². The highest BCUT2D eigenvalue weighted by atomic mass is 16.5. The van der Waals surface area contributed by atoms with E-state index in [0.29, 0.717) is 19.7 Å². The largest absolute Gasteiger partial charge is 0.469 e. The third-order valence-corrected chi connectivity index (χ3v) is 3.25. The van der Waals surface area contributed by atoms with Gasteiger partial charge in [-0.2, -0.15) is 0 Å². The summed E-state index contributed by atoms with van der Waals surface area (Å²) in [4.78, 5) is 13.4. The predicted octanol–water partition coefficient (Wildman–Crippen LogP) is -0.106. The van der Waals surface area contributed by atoms with Crippen LogP contribution in [0.15, 0.2) is 0 Å². The minimum Gasteiger partial charge on any atom is -0.469 e. The fourth-order valence-corrected chi connectivity index (χ4v) is 2.27. The summed E-state index contributed by atoms with van der Waals surface area (Å²) in [5.74, 6) is -0.229. The van der Waals surface area contributed by atoms with Crippen molar-refractivity contribution in [3.63, 3.8) is 0 Å². The number of aliphatic hydroxyl groups excluding tert-OH is 1. The van der Waals surface area contributed by atoms with Gasteiger partial charge in [0.15, 0.2) is 0 Å². The highest BCUT2D eigenvalue weighted by Gasteiger charge is 2.29. The Morgan fingerprint density at radius 2 is 2.16 bits per heavy atom. The van der Waals surface area contributed by atoms with Crippen LogP contribution >= 0.6 is 0 Å². The van der Waals surface area contributed by atoms with Crippen molar-refractivity contribution in [3.8, 4) is 0 Å². The lowest BCUT2D eigenvalue weighted by Crippen LogP contribution is -2.35. The van der Waals surface area contributed by atoms with Crippen molar-refractivity contribution in [2.75, 3.05) is 47.1 Å². The third kappa shape index (κ3) is 5.86. The quantitative estimate of drug-likeness (QED) is 0.624. The lowest BCUT2D eigenvalue weighted by Gasteiger charge is -2.21. The topological polar surface area (TPSA) is 68.2 Å². The smallest absolute Gasteiger partial charge is 0.310 e. The van der Waals surface area contributed by atoms with E-state index >= 15 is 0 Å². The average Bonchev–Trinajstić information content (AvgIpc) is 2.84. The number of aliphatic hydroxyl groups is 1. The lowest BCUT2D eigenvalue weighted by molar-refractivity contribution is -0.145. The van der Waals surface area contributed by atoms with E-state index in [1.807, 2.05) is 6.92 Å². The summed E-state index contributed by atoms with van der Waals surface area (Å²) in [6.07, 6.45) is 0.220. The van der Waals surface area contributed by atoms with E-state index in [-0.39, 0.29) is 24.6 Å². The highest BCUT2D eigenvalue weighted by molar-refractivity contribution is 5.72. The molecule has 19 heavy (non-hydrogen) atoms. The van der Waals surface area contributed by atoms with Gasteiger partial charge in [-0.15, -0.1) is 0 Å². The Morgan fingerprint density at radius 3 is 2.79 bits per heavy atom. The molecule has 3 atom stereocenters. The number of hydrogen-bond acceptors (Lipinski definition) is 6. The number of carbonyl (C=O) groups excluding carboxylic acids is 1. The van der Waals surface area contributed by atoms with Crippen molar-refractivity contribution in [2.24, 2.45) is 5.92 Å². The van der Waals surface area contributed by atoms with Gasteiger partial charge in [-0.25, -0.2) is 0 Å². The number of esters is 1. The molecule has 0 saturated carbocycles. The summed E-state index contributed by atoms with van der Waals surface area (Å²) in [6.45, 7) is 4.68. The van der Waals surface area contributed by atoms with Crippen LogP contribution in [-0.2, 0) is 19.0 Å². The molecule has 0 spiro atoms. The Labute approximate surface area is 114 Å². The minimum atomic E-state index is -0.546. The predicted molar refractivity (Wildman–Crippen MR) is 69.9 cm³/mol. The van der Waals surface area contributed by atoms with E-state index < -0.39 is 6.10 Å². The summed E-state index contributed by atoms with van der Waals surface area (Å²) >= 11 is 0. The summed E-state index contributed by atoms with van der Waals surface area (Å²) in [6, 6.07) is 0. The molecule has 1 N–H and O–H groups in total. The molecule has 1 aliphatic heterocycles. The molecule has 1 rings (SSSR count). The Balaban J connectivity index is 2.19. The van der Waals surface area contributed by atoms with Crippen LogP contribution in [-0.4, -0.2) is 75.3 Å². The molecular formula is C13H25NO5. The van der Waals surface area contributed by atoms with Gasteiger partial charge in [-0.1, -0.05) is 0 Å². The number of ether oxygens (including phenoxy) is 3. The summed E-state index contributed by atoms with van der Waals surface area (Å²) in [5.41, 5.74) is 0. The van der Waals surface area contributed by atoms with E-state index in [9.17, 15) is 9.90 Å². The molecule has 1 heterocycles. The van der Waals surface area contributed by atoms with E-state index in [4.69, 9.17) is 14.2 Å². The summed E-state index contributed by atoms with van der Waals surface area (Å²) in [7, 11) is 3.03. The minimum absolute atomic E-state index is 0.0268. The SMILES string of the molecule is COCC(C)OCC(O)CN1CCC(C(=O)OC)C1. The molecule has 0 aliphatic carbocycles. The van der Waals surface area contributed by atoms with Crippen LogP contribution in [0.25, 0.3) is 0 Å². The van der Waals surface area contributed by atoms with Crippen LogP contribution in [0.3, 0.4) is 0 Å². The first kappa shape index (κ1) is 16.4. The van der Waals surface area contributed by atoms with Crippen molar-refractivity contribution in [1.29, 1.82) is 0 Å². The summed E-state index contributed by atoms with van der Waals surface area (Å²) in [5, 5.41) is 9.89. The zero-order valence-corrected chi connectivity index (χ0v) is 12.0. The second-order valence-electron chi connectivity index (χ2n) is 5.02. The van der Waals surface area contributed by atoms with Crippen LogP contribution in [0, 0.1) is 5.92 Å². The number of hydrogen-bond donors (Lipinski definition) is 1. The van der Waals surface area contributed by atoms with Crippen molar-refractivity contribution in [2.45, 2.75) is 25.6 Å². The number of carbonyl (C=O) groups is 1. The van der Waals surface area contributed by atoms with Gasteiger partial charge in [0, 0.05) is 20.2 Å². The number of likely N-dealkylation sites (tertiary alicyclic amines) is 1. The zero-order chi connectivity index (χ0) is 14.3. The van der Waals surface area contributed by atoms with Gasteiger partial charge >= 0.3 is 5.97 Å². The summed E-state index contributed by atoms with van der Waals surface area (Å²) < 4.78 is 15.1. The molecule has 0 aromatic carbocycles. The van der Waals surface area contributed by atoms with Gasteiger partial charge in [0.1, 0.15) is 0 Å². The van der Waals surface area contributed by atoms with Crippen molar-refractivity contribution in [1.82, 2.24) is 4.90 Å². The maximum atomic E-state index is 11.4. The first-order chi connectivity index (χ1) is 9.06. The van der Waals surface area contributed by atoms with Gasteiger partial charge in [0.2, 0.25) is 0 Å². The maximum absolute atomic E-state index is 11.4. The Bertz CT molecular complexity index is 274.